The van der Waals surface area contributed by atoms with E-state index in [1.54, 1.807) is 11.8 Å². The molecule has 2 aliphatic rings. The smallest absolute Gasteiger partial charge is 0.238 e. The van der Waals surface area contributed by atoms with E-state index in [2.05, 4.69) is 76.4 Å². The van der Waals surface area contributed by atoms with Crippen LogP contribution >= 0.6 is 11.8 Å². The van der Waals surface area contributed by atoms with Gasteiger partial charge in [0.1, 0.15) is 0 Å². The lowest BCUT2D eigenvalue weighted by Gasteiger charge is -2.42. The van der Waals surface area contributed by atoms with E-state index in [9.17, 15) is 4.79 Å². The molecule has 0 unspecified atom stereocenters. The molecule has 2 aliphatic heterocycles. The number of carbonyl (C=O) groups excluding carboxylic acids is 1. The fourth-order valence-corrected chi connectivity index (χ4v) is 5.22. The summed E-state index contributed by atoms with van der Waals surface area (Å²) < 4.78 is 0. The molecule has 3 heteroatoms. The number of rotatable bonds is 2. The first kappa shape index (κ1) is 17.3. The largest absolute Gasteiger partial charge is 0.313 e. The maximum atomic E-state index is 13.7. The Morgan fingerprint density at radius 3 is 2.42 bits per heavy atom. The Labute approximate surface area is 150 Å². The highest BCUT2D eigenvalue weighted by molar-refractivity contribution is 8.03. The Balaban J connectivity index is 2.11. The summed E-state index contributed by atoms with van der Waals surface area (Å²) in [6.45, 7) is 10.8. The SMILES string of the molecule is CC1(C)C=CN(C(C)(C)C)C(=O)[C@]2(Cc3ccccc3)C=CS[C@H]12. The van der Waals surface area contributed by atoms with Crippen LogP contribution in [0.15, 0.2) is 54.1 Å². The van der Waals surface area contributed by atoms with Crippen LogP contribution in [0.5, 0.6) is 0 Å². The zero-order chi connectivity index (χ0) is 17.6. The lowest BCUT2D eigenvalue weighted by molar-refractivity contribution is -0.140. The van der Waals surface area contributed by atoms with Crippen LogP contribution in [0.25, 0.3) is 0 Å². The van der Waals surface area contributed by atoms with Crippen LogP contribution < -0.4 is 0 Å². The van der Waals surface area contributed by atoms with E-state index >= 15 is 0 Å². The average Bonchev–Trinajstić information content (AvgIpc) is 2.89. The summed E-state index contributed by atoms with van der Waals surface area (Å²) in [6.07, 6.45) is 7.14. The van der Waals surface area contributed by atoms with Crippen molar-refractivity contribution in [2.24, 2.45) is 10.8 Å². The van der Waals surface area contributed by atoms with Crippen molar-refractivity contribution in [1.29, 1.82) is 0 Å². The number of benzene rings is 1. The van der Waals surface area contributed by atoms with E-state index in [1.807, 2.05) is 17.2 Å². The lowest BCUT2D eigenvalue weighted by Crippen LogP contribution is -2.53. The summed E-state index contributed by atoms with van der Waals surface area (Å²) in [5.41, 5.74) is 0.434. The molecule has 2 heterocycles. The molecule has 0 N–H and O–H groups in total. The van der Waals surface area contributed by atoms with Crippen LogP contribution in [-0.4, -0.2) is 21.6 Å². The van der Waals surface area contributed by atoms with Gasteiger partial charge in [0.2, 0.25) is 5.91 Å². The van der Waals surface area contributed by atoms with Gasteiger partial charge in [0.15, 0.2) is 0 Å². The minimum atomic E-state index is -0.494. The van der Waals surface area contributed by atoms with Gasteiger partial charge >= 0.3 is 0 Å². The molecule has 0 saturated heterocycles. The molecule has 2 nitrogen and oxygen atoms in total. The minimum absolute atomic E-state index is 0.0569. The summed E-state index contributed by atoms with van der Waals surface area (Å²) in [4.78, 5) is 15.6. The fourth-order valence-electron chi connectivity index (χ4n) is 3.81. The molecule has 0 fully saturated rings. The van der Waals surface area contributed by atoms with Crippen LogP contribution in [0.2, 0.25) is 0 Å². The zero-order valence-corrected chi connectivity index (χ0v) is 16.1. The van der Waals surface area contributed by atoms with Crippen molar-refractivity contribution in [3.8, 4) is 0 Å². The van der Waals surface area contributed by atoms with E-state index in [0.29, 0.717) is 0 Å². The van der Waals surface area contributed by atoms with Gasteiger partial charge in [-0.25, -0.2) is 0 Å². The fraction of sp³-hybridized carbons (Fsp3) is 0.476. The highest BCUT2D eigenvalue weighted by Gasteiger charge is 2.55. The van der Waals surface area contributed by atoms with Crippen LogP contribution in [0, 0.1) is 10.8 Å². The molecule has 2 atom stereocenters. The van der Waals surface area contributed by atoms with Crippen molar-refractivity contribution in [1.82, 2.24) is 4.90 Å². The van der Waals surface area contributed by atoms with Crippen LogP contribution in [-0.2, 0) is 11.2 Å². The molecular weight excluding hydrogens is 314 g/mol. The normalized spacial score (nSPS) is 28.8. The first-order valence-corrected chi connectivity index (χ1v) is 9.51. The topological polar surface area (TPSA) is 20.3 Å². The third-order valence-corrected chi connectivity index (χ3v) is 6.65. The Bertz CT molecular complexity index is 684. The van der Waals surface area contributed by atoms with Crippen LogP contribution in [0.1, 0.15) is 40.2 Å². The molecule has 1 aromatic rings. The van der Waals surface area contributed by atoms with Gasteiger partial charge in [0.25, 0.3) is 0 Å². The van der Waals surface area contributed by atoms with Gasteiger partial charge in [0, 0.05) is 17.0 Å². The molecule has 3 rings (SSSR count). The maximum Gasteiger partial charge on any atom is 0.238 e. The third kappa shape index (κ3) is 2.83. The molecule has 1 amide bonds. The molecule has 1 aromatic carbocycles. The number of nitrogens with zero attached hydrogens (tertiary/aromatic N) is 1. The standard InChI is InChI=1S/C21H27NOS/c1-19(2,3)22-13-11-20(4,5)17-21(18(22)23,12-14-24-17)15-16-9-7-6-8-10-16/h6-14,17H,15H2,1-5H3/t17-,21+/m1/s1. The van der Waals surface area contributed by atoms with Crippen LogP contribution in [0.4, 0.5) is 0 Å². The molecule has 0 saturated carbocycles. The Hall–Kier alpha value is -1.48. The monoisotopic (exact) mass is 341 g/mol. The summed E-state index contributed by atoms with van der Waals surface area (Å²) in [5, 5.41) is 2.34. The predicted octanol–water partition coefficient (Wildman–Crippen LogP) is 5.03. The number of fused-ring (bicyclic) bond motifs is 1. The van der Waals surface area contributed by atoms with Gasteiger partial charge in [-0.2, -0.15) is 0 Å². The summed E-state index contributed by atoms with van der Waals surface area (Å²) >= 11 is 1.80. The second-order valence-corrected chi connectivity index (χ2v) is 9.52. The highest BCUT2D eigenvalue weighted by Crippen LogP contribution is 2.54. The van der Waals surface area contributed by atoms with Gasteiger partial charge < -0.3 is 4.90 Å². The first-order valence-electron chi connectivity index (χ1n) is 8.57. The molecule has 0 spiro atoms. The van der Waals surface area contributed by atoms with E-state index in [0.717, 1.165) is 6.42 Å². The van der Waals surface area contributed by atoms with E-state index in [1.165, 1.54) is 5.56 Å². The number of carbonyl (C=O) groups is 1. The van der Waals surface area contributed by atoms with Crippen molar-refractivity contribution in [3.63, 3.8) is 0 Å². The van der Waals surface area contributed by atoms with Gasteiger partial charge in [-0.3, -0.25) is 4.79 Å². The molecule has 24 heavy (non-hydrogen) atoms. The van der Waals surface area contributed by atoms with E-state index in [-0.39, 0.29) is 22.1 Å². The minimum Gasteiger partial charge on any atom is -0.313 e. The molecule has 0 aromatic heterocycles. The third-order valence-electron chi connectivity index (χ3n) is 5.06. The van der Waals surface area contributed by atoms with Crippen molar-refractivity contribution < 1.29 is 4.79 Å². The van der Waals surface area contributed by atoms with Gasteiger partial charge in [-0.05, 0) is 43.6 Å². The quantitative estimate of drug-likeness (QED) is 0.752. The number of amides is 1. The Morgan fingerprint density at radius 2 is 1.79 bits per heavy atom. The molecule has 128 valence electrons. The second kappa shape index (κ2) is 5.80. The van der Waals surface area contributed by atoms with Crippen molar-refractivity contribution >= 4 is 17.7 Å². The zero-order valence-electron chi connectivity index (χ0n) is 15.2. The van der Waals surface area contributed by atoms with Crippen molar-refractivity contribution in [2.45, 2.75) is 51.8 Å². The number of allylic oxidation sites excluding steroid dienone is 1. The van der Waals surface area contributed by atoms with Gasteiger partial charge in [0.05, 0.1) is 5.41 Å². The highest BCUT2D eigenvalue weighted by atomic mass is 32.2. The molecule has 0 bridgehead atoms. The Kier molecular flexibility index (Phi) is 4.19. The molecule has 0 aliphatic carbocycles. The predicted molar refractivity (Wildman–Crippen MR) is 103 cm³/mol. The Morgan fingerprint density at radius 1 is 1.12 bits per heavy atom. The van der Waals surface area contributed by atoms with Crippen LogP contribution in [0.3, 0.4) is 0 Å². The molecule has 0 radical (unpaired) electrons. The summed E-state index contributed by atoms with van der Waals surface area (Å²) in [7, 11) is 0. The number of hydrogen-bond donors (Lipinski definition) is 0. The van der Waals surface area contributed by atoms with E-state index < -0.39 is 5.41 Å². The molecular formula is C21H27NOS. The van der Waals surface area contributed by atoms with E-state index in [4.69, 9.17) is 0 Å². The lowest BCUT2D eigenvalue weighted by atomic mass is 9.69. The van der Waals surface area contributed by atoms with Crippen molar-refractivity contribution in [3.05, 3.63) is 59.7 Å². The van der Waals surface area contributed by atoms with Gasteiger partial charge in [-0.15, -0.1) is 11.8 Å². The average molecular weight is 342 g/mol. The summed E-state index contributed by atoms with van der Waals surface area (Å²) in [5.74, 6) is 0.215. The van der Waals surface area contributed by atoms with Gasteiger partial charge in [-0.1, -0.05) is 56.3 Å². The number of thioether (sulfide) groups is 1. The summed E-state index contributed by atoms with van der Waals surface area (Å²) in [6, 6.07) is 10.4. The number of hydrogen-bond acceptors (Lipinski definition) is 2. The van der Waals surface area contributed by atoms with Crippen molar-refractivity contribution in [2.75, 3.05) is 0 Å². The maximum absolute atomic E-state index is 13.7. The first-order chi connectivity index (χ1) is 11.2. The second-order valence-electron chi connectivity index (χ2n) is 8.50.